The number of hydrogen-bond donors (Lipinski definition) is 1. The first kappa shape index (κ1) is 18.1. The second-order valence-corrected chi connectivity index (χ2v) is 6.15. The zero-order chi connectivity index (χ0) is 18.7. The van der Waals surface area contributed by atoms with Gasteiger partial charge in [0, 0.05) is 25.3 Å². The highest BCUT2D eigenvalue weighted by atomic mass is 16.7. The monoisotopic (exact) mass is 360 g/mol. The van der Waals surface area contributed by atoms with Crippen molar-refractivity contribution in [3.63, 3.8) is 0 Å². The molecule has 1 fully saturated rings. The van der Waals surface area contributed by atoms with Crippen molar-refractivity contribution >= 4 is 5.97 Å². The Morgan fingerprint density at radius 2 is 2.08 bits per heavy atom. The summed E-state index contributed by atoms with van der Waals surface area (Å²) in [5.41, 5.74) is -0.155. The van der Waals surface area contributed by atoms with Gasteiger partial charge in [0.05, 0.1) is 5.56 Å². The summed E-state index contributed by atoms with van der Waals surface area (Å²) in [5.74, 6) is -1.62. The van der Waals surface area contributed by atoms with Crippen LogP contribution in [0.15, 0.2) is 46.1 Å². The van der Waals surface area contributed by atoms with Crippen molar-refractivity contribution in [1.82, 2.24) is 9.55 Å². The summed E-state index contributed by atoms with van der Waals surface area (Å²) in [6.07, 6.45) is 1.74. The molecule has 0 spiro atoms. The molecule has 0 saturated carbocycles. The highest BCUT2D eigenvalue weighted by Gasteiger charge is 2.43. The van der Waals surface area contributed by atoms with Crippen molar-refractivity contribution in [2.75, 3.05) is 13.7 Å². The topological polar surface area (TPSA) is 99.6 Å². The first-order valence-corrected chi connectivity index (χ1v) is 8.21. The van der Waals surface area contributed by atoms with Crippen LogP contribution >= 0.6 is 0 Å². The minimum Gasteiger partial charge on any atom is -0.456 e. The molecule has 1 saturated heterocycles. The van der Waals surface area contributed by atoms with E-state index in [0.29, 0.717) is 24.0 Å². The Balaban J connectivity index is 1.72. The summed E-state index contributed by atoms with van der Waals surface area (Å²) in [6, 6.07) is 8.61. The maximum absolute atomic E-state index is 12.1. The molecular weight excluding hydrogens is 340 g/mol. The van der Waals surface area contributed by atoms with Gasteiger partial charge in [-0.25, -0.2) is 9.59 Å². The van der Waals surface area contributed by atoms with Gasteiger partial charge in [0.15, 0.2) is 0 Å². The lowest BCUT2D eigenvalue weighted by atomic mass is 10.2. The molecule has 1 aromatic carbocycles. The van der Waals surface area contributed by atoms with Gasteiger partial charge < -0.3 is 14.2 Å². The molecule has 1 aliphatic heterocycles. The fraction of sp³-hybridized carbons (Fsp3) is 0.389. The molecule has 2 heterocycles. The van der Waals surface area contributed by atoms with Crippen molar-refractivity contribution in [3.05, 3.63) is 68.5 Å². The number of hydrogen-bond acceptors (Lipinski definition) is 6. The van der Waals surface area contributed by atoms with Crippen LogP contribution in [0.2, 0.25) is 0 Å². The van der Waals surface area contributed by atoms with Crippen LogP contribution in [0.3, 0.4) is 0 Å². The van der Waals surface area contributed by atoms with Gasteiger partial charge in [-0.05, 0) is 25.5 Å². The zero-order valence-electron chi connectivity index (χ0n) is 14.6. The Kier molecular flexibility index (Phi) is 5.06. The molecule has 1 aliphatic rings. The second-order valence-electron chi connectivity index (χ2n) is 6.15. The number of nitrogens with zero attached hydrogens (tertiary/aromatic N) is 1. The molecule has 1 aromatic heterocycles. The van der Waals surface area contributed by atoms with Crippen molar-refractivity contribution < 1.29 is 19.0 Å². The molecule has 0 radical (unpaired) electrons. The molecule has 8 heteroatoms. The quantitative estimate of drug-likeness (QED) is 0.808. The van der Waals surface area contributed by atoms with Gasteiger partial charge in [-0.15, -0.1) is 0 Å². The smallest absolute Gasteiger partial charge is 0.338 e. The van der Waals surface area contributed by atoms with Crippen LogP contribution in [0.5, 0.6) is 0 Å². The Morgan fingerprint density at radius 1 is 1.35 bits per heavy atom. The van der Waals surface area contributed by atoms with Crippen LogP contribution in [0.4, 0.5) is 0 Å². The number of H-pyrrole nitrogens is 1. The van der Waals surface area contributed by atoms with Crippen molar-refractivity contribution in [2.45, 2.75) is 31.8 Å². The number of ether oxygens (including phenoxy) is 3. The first-order chi connectivity index (χ1) is 12.4. The lowest BCUT2D eigenvalue weighted by molar-refractivity contribution is -0.242. The van der Waals surface area contributed by atoms with Crippen molar-refractivity contribution in [2.24, 2.45) is 0 Å². The predicted molar refractivity (Wildman–Crippen MR) is 91.9 cm³/mol. The molecule has 138 valence electrons. The SMILES string of the molecule is CO[C@@]1(COC(=O)c2ccccc2)CC[C@H](n2cc(C)c(=O)[nH]c2=O)O1. The first-order valence-electron chi connectivity index (χ1n) is 8.21. The molecule has 2 aromatic rings. The standard InChI is InChI=1S/C18H20N2O6/c1-12-10-20(17(23)19-15(12)21)14-8-9-18(24-2,26-14)11-25-16(22)13-6-4-3-5-7-13/h3-7,10,14H,8-9,11H2,1-2H3,(H,19,21,23)/t14-,18+/m1/s1. The van der Waals surface area contributed by atoms with Gasteiger partial charge in [0.1, 0.15) is 12.8 Å². The van der Waals surface area contributed by atoms with Crippen LogP contribution < -0.4 is 11.2 Å². The van der Waals surface area contributed by atoms with E-state index < -0.39 is 29.2 Å². The number of carbonyl (C=O) groups is 1. The Morgan fingerprint density at radius 3 is 2.77 bits per heavy atom. The summed E-state index contributed by atoms with van der Waals surface area (Å²) < 4.78 is 18.0. The second kappa shape index (κ2) is 7.27. The maximum atomic E-state index is 12.1. The van der Waals surface area contributed by atoms with Crippen LogP contribution in [0, 0.1) is 6.92 Å². The Labute approximate surface area is 149 Å². The van der Waals surface area contributed by atoms with E-state index in [9.17, 15) is 14.4 Å². The van der Waals surface area contributed by atoms with Gasteiger partial charge in [-0.3, -0.25) is 14.3 Å². The summed E-state index contributed by atoms with van der Waals surface area (Å²) in [7, 11) is 1.46. The Bertz CT molecular complexity index is 904. The largest absolute Gasteiger partial charge is 0.456 e. The predicted octanol–water partition coefficient (Wildman–Crippen LogP) is 1.35. The van der Waals surface area contributed by atoms with E-state index in [1.54, 1.807) is 31.2 Å². The van der Waals surface area contributed by atoms with Gasteiger partial charge >= 0.3 is 11.7 Å². The van der Waals surface area contributed by atoms with Crippen LogP contribution in [-0.2, 0) is 14.2 Å². The molecule has 1 N–H and O–H groups in total. The summed E-state index contributed by atoms with van der Waals surface area (Å²) >= 11 is 0. The molecule has 0 unspecified atom stereocenters. The van der Waals surface area contributed by atoms with E-state index in [0.717, 1.165) is 0 Å². The molecule has 3 rings (SSSR count). The van der Waals surface area contributed by atoms with Crippen LogP contribution in [0.25, 0.3) is 0 Å². The summed E-state index contributed by atoms with van der Waals surface area (Å²) in [5, 5.41) is 0. The van der Waals surface area contributed by atoms with E-state index in [4.69, 9.17) is 14.2 Å². The third-order valence-corrected chi connectivity index (χ3v) is 4.38. The van der Waals surface area contributed by atoms with Gasteiger partial charge in [0.2, 0.25) is 5.79 Å². The third kappa shape index (κ3) is 3.61. The average Bonchev–Trinajstić information content (AvgIpc) is 3.08. The van der Waals surface area contributed by atoms with E-state index in [1.165, 1.54) is 17.9 Å². The number of nitrogens with one attached hydrogen (secondary N) is 1. The van der Waals surface area contributed by atoms with E-state index in [2.05, 4.69) is 4.98 Å². The number of aromatic nitrogens is 2. The van der Waals surface area contributed by atoms with E-state index in [1.807, 2.05) is 6.07 Å². The molecule has 8 nitrogen and oxygen atoms in total. The van der Waals surface area contributed by atoms with E-state index in [-0.39, 0.29) is 6.61 Å². The van der Waals surface area contributed by atoms with E-state index >= 15 is 0 Å². The highest BCUT2D eigenvalue weighted by molar-refractivity contribution is 5.89. The number of methoxy groups -OCH3 is 1. The number of rotatable bonds is 5. The fourth-order valence-electron chi connectivity index (χ4n) is 2.85. The van der Waals surface area contributed by atoms with Gasteiger partial charge in [0.25, 0.3) is 5.56 Å². The molecule has 26 heavy (non-hydrogen) atoms. The van der Waals surface area contributed by atoms with Crippen LogP contribution in [0.1, 0.15) is 35.0 Å². The van der Waals surface area contributed by atoms with Crippen LogP contribution in [-0.4, -0.2) is 35.0 Å². The summed E-state index contributed by atoms with van der Waals surface area (Å²) in [4.78, 5) is 37.9. The zero-order valence-corrected chi connectivity index (χ0v) is 14.6. The average molecular weight is 360 g/mol. The maximum Gasteiger partial charge on any atom is 0.338 e. The van der Waals surface area contributed by atoms with Crippen molar-refractivity contribution in [1.29, 1.82) is 0 Å². The van der Waals surface area contributed by atoms with Gasteiger partial charge in [-0.2, -0.15) is 0 Å². The minimum absolute atomic E-state index is 0.106. The Hall–Kier alpha value is -2.71. The number of carbonyl (C=O) groups excluding carboxylic acids is 1. The molecular formula is C18H20N2O6. The number of benzene rings is 1. The summed E-state index contributed by atoms with van der Waals surface area (Å²) in [6.45, 7) is 1.50. The number of aromatic amines is 1. The molecule has 0 amide bonds. The van der Waals surface area contributed by atoms with Gasteiger partial charge in [-0.1, -0.05) is 18.2 Å². The highest BCUT2D eigenvalue weighted by Crippen LogP contribution is 2.36. The fourth-order valence-corrected chi connectivity index (χ4v) is 2.85. The molecule has 0 aliphatic carbocycles. The lowest BCUT2D eigenvalue weighted by Gasteiger charge is -2.27. The minimum atomic E-state index is -1.14. The number of aryl methyl sites for hydroxylation is 1. The molecule has 2 atom stereocenters. The normalized spacial score (nSPS) is 22.3. The van der Waals surface area contributed by atoms with Crippen molar-refractivity contribution in [3.8, 4) is 0 Å². The third-order valence-electron chi connectivity index (χ3n) is 4.38. The lowest BCUT2D eigenvalue weighted by Crippen LogP contribution is -2.39. The molecule has 0 bridgehead atoms. The number of esters is 1.